The minimum absolute atomic E-state index is 0.00392. The number of nitrogens with zero attached hydrogens (tertiary/aromatic N) is 4. The van der Waals surface area contributed by atoms with Crippen molar-refractivity contribution in [2.45, 2.75) is 70.0 Å². The van der Waals surface area contributed by atoms with Crippen LogP contribution < -0.4 is 23.7 Å². The SMILES string of the molecule is C=CC(=O)OCC(COc1ccc(OC(=O)C2CCC(C(=O)OCCc3ccc(OC(=O)C4CCC(C(=O)Oc5ccc(OCC(COC(=O)C=C)OC(=O)C=C)cc5)CC4)c4nc(/N=N/c5ccc([N+](=O)[O-])cc5)sc34)CC2)cc1)OC(=O)C=C. The van der Waals surface area contributed by atoms with Crippen LogP contribution in [0.3, 0.4) is 0 Å². The molecule has 0 aliphatic heterocycles. The molecule has 5 aromatic rings. The maximum Gasteiger partial charge on any atom is 0.330 e. The summed E-state index contributed by atoms with van der Waals surface area (Å²) >= 11 is 1.15. The molecule has 24 nitrogen and oxygen atoms in total. The lowest BCUT2D eigenvalue weighted by atomic mass is 9.82. The van der Waals surface area contributed by atoms with Gasteiger partial charge in [0.25, 0.3) is 5.69 Å². The lowest BCUT2D eigenvalue weighted by Gasteiger charge is -2.26. The number of ether oxygens (including phenoxy) is 10. The topological polar surface area (TPSA) is 310 Å². The van der Waals surface area contributed by atoms with E-state index in [2.05, 4.69) is 41.5 Å². The first-order chi connectivity index (χ1) is 41.5. The number of fused-ring (bicyclic) bond motifs is 1. The van der Waals surface area contributed by atoms with Crippen LogP contribution in [0.25, 0.3) is 10.2 Å². The lowest BCUT2D eigenvalue weighted by molar-refractivity contribution is -0.384. The van der Waals surface area contributed by atoms with E-state index in [1.807, 2.05) is 0 Å². The largest absolute Gasteiger partial charge is 0.490 e. The maximum atomic E-state index is 13.8. The predicted octanol–water partition coefficient (Wildman–Crippen LogP) is 9.85. The predicted molar refractivity (Wildman–Crippen MR) is 306 cm³/mol. The molecule has 1 heterocycles. The van der Waals surface area contributed by atoms with Crippen LogP contribution in [0.15, 0.2) is 146 Å². The molecule has 4 aromatic carbocycles. The molecule has 86 heavy (non-hydrogen) atoms. The van der Waals surface area contributed by atoms with Gasteiger partial charge in [0.15, 0.2) is 18.0 Å². The number of aromatic nitrogens is 1. The van der Waals surface area contributed by atoms with Crippen molar-refractivity contribution in [1.29, 1.82) is 0 Å². The van der Waals surface area contributed by atoms with E-state index in [-0.39, 0.29) is 67.5 Å². The number of carbonyl (C=O) groups excluding carboxylic acids is 8. The number of esters is 8. The molecule has 0 amide bonds. The lowest BCUT2D eigenvalue weighted by Crippen LogP contribution is -2.30. The van der Waals surface area contributed by atoms with Gasteiger partial charge in [0.1, 0.15) is 54.9 Å². The fraction of sp³-hybridized carbons (Fsp3) is 0.328. The molecule has 25 heteroatoms. The number of hydrogen-bond acceptors (Lipinski definition) is 24. The molecule has 2 saturated carbocycles. The van der Waals surface area contributed by atoms with Crippen molar-refractivity contribution in [1.82, 2.24) is 4.98 Å². The molecule has 2 aliphatic rings. The maximum absolute atomic E-state index is 13.8. The summed E-state index contributed by atoms with van der Waals surface area (Å²) in [5.74, 6) is -5.28. The van der Waals surface area contributed by atoms with Gasteiger partial charge in [0.2, 0.25) is 5.13 Å². The molecule has 2 aliphatic carbocycles. The monoisotopic (exact) mass is 1200 g/mol. The first kappa shape index (κ1) is 63.7. The van der Waals surface area contributed by atoms with E-state index in [4.69, 9.17) is 47.4 Å². The molecule has 2 atom stereocenters. The van der Waals surface area contributed by atoms with Crippen LogP contribution in [0.1, 0.15) is 56.9 Å². The van der Waals surface area contributed by atoms with Gasteiger partial charge < -0.3 is 47.4 Å². The second kappa shape index (κ2) is 31.7. The third-order valence-corrected chi connectivity index (χ3v) is 14.5. The van der Waals surface area contributed by atoms with Crippen molar-refractivity contribution in [2.24, 2.45) is 33.9 Å². The first-order valence-electron chi connectivity index (χ1n) is 27.1. The third kappa shape index (κ3) is 19.1. The quantitative estimate of drug-likeness (QED) is 0.00817. The number of hydrogen-bond donors (Lipinski definition) is 0. The number of non-ortho nitro benzene ring substituents is 1. The van der Waals surface area contributed by atoms with Crippen molar-refractivity contribution in [2.75, 3.05) is 33.0 Å². The van der Waals surface area contributed by atoms with E-state index in [9.17, 15) is 48.5 Å². The van der Waals surface area contributed by atoms with Crippen LogP contribution in [-0.4, -0.2) is 103 Å². The summed E-state index contributed by atoms with van der Waals surface area (Å²) < 4.78 is 55.3. The highest BCUT2D eigenvalue weighted by atomic mass is 32.1. The van der Waals surface area contributed by atoms with Crippen LogP contribution in [0.4, 0.5) is 16.5 Å². The normalized spacial score (nSPS) is 17.0. The number of carbonyl (C=O) groups is 8. The van der Waals surface area contributed by atoms with Gasteiger partial charge in [0, 0.05) is 42.9 Å². The van der Waals surface area contributed by atoms with Crippen LogP contribution in [0.5, 0.6) is 28.7 Å². The summed E-state index contributed by atoms with van der Waals surface area (Å²) in [4.78, 5) is 115. The molecule has 7 rings (SSSR count). The molecular weight excluding hydrogens is 1140 g/mol. The van der Waals surface area contributed by atoms with Crippen molar-refractivity contribution in [3.8, 4) is 28.7 Å². The van der Waals surface area contributed by atoms with Crippen molar-refractivity contribution in [3.63, 3.8) is 0 Å². The first-order valence-corrected chi connectivity index (χ1v) is 27.9. The molecular formula is C61H60N4O20S. The van der Waals surface area contributed by atoms with Gasteiger partial charge in [-0.05, 0) is 124 Å². The molecule has 450 valence electrons. The Labute approximate surface area is 496 Å². The van der Waals surface area contributed by atoms with E-state index in [1.165, 1.54) is 48.5 Å². The van der Waals surface area contributed by atoms with Gasteiger partial charge in [-0.2, -0.15) is 0 Å². The van der Waals surface area contributed by atoms with E-state index in [0.29, 0.717) is 84.3 Å². The summed E-state index contributed by atoms with van der Waals surface area (Å²) in [6.07, 6.45) is 5.21. The highest BCUT2D eigenvalue weighted by Crippen LogP contribution is 2.39. The zero-order valence-electron chi connectivity index (χ0n) is 46.4. The fourth-order valence-electron chi connectivity index (χ4n) is 8.90. The summed E-state index contributed by atoms with van der Waals surface area (Å²) in [5.41, 5.74) is 1.22. The van der Waals surface area contributed by atoms with Crippen molar-refractivity contribution in [3.05, 3.63) is 151 Å². The van der Waals surface area contributed by atoms with Gasteiger partial charge in [-0.25, -0.2) is 24.2 Å². The minimum atomic E-state index is -0.940. The Bertz CT molecular complexity index is 3330. The van der Waals surface area contributed by atoms with Crippen molar-refractivity contribution >= 4 is 85.8 Å². The number of nitro groups is 1. The Kier molecular flexibility index (Phi) is 23.4. The molecule has 2 unspecified atom stereocenters. The van der Waals surface area contributed by atoms with Crippen LogP contribution in [0, 0.1) is 33.8 Å². The second-order valence-electron chi connectivity index (χ2n) is 19.4. The molecule has 0 radical (unpaired) electrons. The number of rotatable bonds is 29. The highest BCUT2D eigenvalue weighted by Gasteiger charge is 2.34. The number of thiazole rings is 1. The number of nitro benzene ring substituents is 1. The van der Waals surface area contributed by atoms with Gasteiger partial charge in [-0.3, -0.25) is 29.3 Å². The molecule has 0 spiro atoms. The number of benzene rings is 4. The van der Waals surface area contributed by atoms with Crippen molar-refractivity contribution < 1.29 is 90.6 Å². The van der Waals surface area contributed by atoms with Gasteiger partial charge in [-0.15, -0.1) is 10.2 Å². The van der Waals surface area contributed by atoms with E-state index < -0.39 is 88.6 Å². The van der Waals surface area contributed by atoms with E-state index in [0.717, 1.165) is 35.6 Å². The summed E-state index contributed by atoms with van der Waals surface area (Å²) in [5, 5.41) is 19.8. The van der Waals surface area contributed by atoms with E-state index in [1.54, 1.807) is 36.4 Å². The summed E-state index contributed by atoms with van der Waals surface area (Å²) in [7, 11) is 0. The molecule has 2 fully saturated rings. The van der Waals surface area contributed by atoms with E-state index >= 15 is 0 Å². The van der Waals surface area contributed by atoms with Crippen LogP contribution in [0.2, 0.25) is 0 Å². The second-order valence-corrected chi connectivity index (χ2v) is 20.4. The van der Waals surface area contributed by atoms with Crippen LogP contribution >= 0.6 is 11.3 Å². The molecule has 0 saturated heterocycles. The molecule has 0 N–H and O–H groups in total. The molecule has 0 bridgehead atoms. The van der Waals surface area contributed by atoms with Gasteiger partial charge in [0.05, 0.1) is 45.6 Å². The zero-order chi connectivity index (χ0) is 61.5. The Morgan fingerprint density at radius 2 is 0.965 bits per heavy atom. The average Bonchev–Trinajstić information content (AvgIpc) is 2.11. The summed E-state index contributed by atoms with van der Waals surface area (Å²) in [6.45, 7) is 12.5. The highest BCUT2D eigenvalue weighted by molar-refractivity contribution is 7.22. The third-order valence-electron chi connectivity index (χ3n) is 13.5. The Morgan fingerprint density at radius 3 is 1.41 bits per heavy atom. The molecule has 1 aromatic heterocycles. The number of azo groups is 1. The summed E-state index contributed by atoms with van der Waals surface area (Å²) in [6, 6.07) is 21.1. The standard InChI is InChI=1S/C61H60N4O20S/c1-5-51(66)79-35-48(81-53(68)7-3)33-77-44-22-26-46(27-23-44)83-58(71)39-11-9-38(10-12-39)57(70)76-32-31-37-17-30-50(55-56(37)86-61(62-55)64-63-42-18-20-43(21-19-42)65(74)75)85-60(73)41-15-13-40(14-16-41)59(72)84-47-28-24-45(25-29-47)78-34-49(82-54(69)8-4)36-80-52(67)6-2/h5-8,17-30,38-41,48-49H,1-4,9-16,31-36H2/b64-63+. The Hall–Kier alpha value is -9.91. The zero-order valence-corrected chi connectivity index (χ0v) is 47.3. The Morgan fingerprint density at radius 1 is 0.535 bits per heavy atom. The van der Waals surface area contributed by atoms with Crippen LogP contribution in [-0.2, 0) is 68.5 Å². The average molecular weight is 1200 g/mol. The van der Waals surface area contributed by atoms with Gasteiger partial charge >= 0.3 is 47.8 Å². The minimum Gasteiger partial charge on any atom is -0.490 e. The van der Waals surface area contributed by atoms with Gasteiger partial charge in [-0.1, -0.05) is 43.7 Å². The fourth-order valence-corrected chi connectivity index (χ4v) is 9.84. The Balaban J connectivity index is 0.897. The smallest absolute Gasteiger partial charge is 0.330 e.